The first-order valence-electron chi connectivity index (χ1n) is 3.93. The van der Waals surface area contributed by atoms with E-state index >= 15 is 0 Å². The molecule has 0 aliphatic heterocycles. The number of alkyl halides is 1. The topological polar surface area (TPSA) is 40.5 Å². The van der Waals surface area contributed by atoms with Crippen molar-refractivity contribution in [2.75, 3.05) is 5.88 Å². The number of hydrogen-bond donors (Lipinski definition) is 2. The van der Waals surface area contributed by atoms with Crippen LogP contribution in [-0.2, 0) is 0 Å². The predicted molar refractivity (Wildman–Crippen MR) is 55.8 cm³/mol. The number of aliphatic hydroxyl groups is 2. The van der Waals surface area contributed by atoms with Gasteiger partial charge in [-0.05, 0) is 18.2 Å². The lowest BCUT2D eigenvalue weighted by Crippen LogP contribution is -2.20. The molecular weight excluding hydrogens is 274 g/mol. The highest BCUT2D eigenvalue weighted by Crippen LogP contribution is 2.24. The Labute approximate surface area is 94.5 Å². The van der Waals surface area contributed by atoms with E-state index in [1.54, 1.807) is 0 Å². The van der Waals surface area contributed by atoms with Crippen molar-refractivity contribution in [3.8, 4) is 0 Å². The first-order chi connectivity index (χ1) is 6.56. The molecule has 1 rings (SSSR count). The van der Waals surface area contributed by atoms with Crippen molar-refractivity contribution >= 4 is 27.5 Å². The first-order valence-corrected chi connectivity index (χ1v) is 5.26. The molecule has 78 valence electrons. The molecule has 0 saturated carbocycles. The Balaban J connectivity index is 2.99. The first kappa shape index (κ1) is 11.9. The Morgan fingerprint density at radius 1 is 1.43 bits per heavy atom. The SMILES string of the molecule is OC(CCl)C(O)c1cc(Br)ccc1F. The van der Waals surface area contributed by atoms with E-state index in [9.17, 15) is 14.6 Å². The average molecular weight is 284 g/mol. The van der Waals surface area contributed by atoms with Gasteiger partial charge < -0.3 is 10.2 Å². The highest BCUT2D eigenvalue weighted by Gasteiger charge is 2.20. The molecule has 2 N–H and O–H groups in total. The van der Waals surface area contributed by atoms with Crippen molar-refractivity contribution < 1.29 is 14.6 Å². The van der Waals surface area contributed by atoms with Gasteiger partial charge in [-0.2, -0.15) is 0 Å². The zero-order valence-electron chi connectivity index (χ0n) is 7.12. The molecule has 5 heteroatoms. The molecule has 0 fully saturated rings. The van der Waals surface area contributed by atoms with Gasteiger partial charge in [-0.25, -0.2) is 4.39 Å². The monoisotopic (exact) mass is 282 g/mol. The van der Waals surface area contributed by atoms with Crippen molar-refractivity contribution in [1.82, 2.24) is 0 Å². The van der Waals surface area contributed by atoms with Crippen LogP contribution in [0.5, 0.6) is 0 Å². The average Bonchev–Trinajstić information content (AvgIpc) is 2.19. The van der Waals surface area contributed by atoms with Crippen molar-refractivity contribution in [3.63, 3.8) is 0 Å². The number of aliphatic hydroxyl groups excluding tert-OH is 2. The van der Waals surface area contributed by atoms with Gasteiger partial charge in [0, 0.05) is 10.0 Å². The second-order valence-electron chi connectivity index (χ2n) is 2.83. The summed E-state index contributed by atoms with van der Waals surface area (Å²) in [6.07, 6.45) is -2.47. The lowest BCUT2D eigenvalue weighted by Gasteiger charge is -2.16. The van der Waals surface area contributed by atoms with E-state index in [0.29, 0.717) is 4.47 Å². The van der Waals surface area contributed by atoms with E-state index in [0.717, 1.165) is 0 Å². The summed E-state index contributed by atoms with van der Waals surface area (Å²) in [6, 6.07) is 4.14. The molecule has 0 saturated heterocycles. The molecule has 2 nitrogen and oxygen atoms in total. The van der Waals surface area contributed by atoms with Crippen LogP contribution in [0.2, 0.25) is 0 Å². The highest BCUT2D eigenvalue weighted by atomic mass is 79.9. The summed E-state index contributed by atoms with van der Waals surface area (Å²) in [7, 11) is 0. The Kier molecular flexibility index (Phi) is 4.31. The van der Waals surface area contributed by atoms with Gasteiger partial charge >= 0.3 is 0 Å². The third kappa shape index (κ3) is 2.67. The molecule has 1 aromatic rings. The molecule has 14 heavy (non-hydrogen) atoms. The Morgan fingerprint density at radius 3 is 2.64 bits per heavy atom. The van der Waals surface area contributed by atoms with Crippen molar-refractivity contribution in [3.05, 3.63) is 34.1 Å². The van der Waals surface area contributed by atoms with Gasteiger partial charge in [0.15, 0.2) is 0 Å². The van der Waals surface area contributed by atoms with Crippen LogP contribution in [0.3, 0.4) is 0 Å². The molecule has 1 aromatic carbocycles. The number of rotatable bonds is 3. The summed E-state index contributed by atoms with van der Waals surface area (Å²) in [5.74, 6) is -0.711. The fourth-order valence-electron chi connectivity index (χ4n) is 1.03. The largest absolute Gasteiger partial charge is 0.389 e. The van der Waals surface area contributed by atoms with Gasteiger partial charge in [0.1, 0.15) is 11.9 Å². The van der Waals surface area contributed by atoms with Gasteiger partial charge in [0.05, 0.1) is 12.0 Å². The zero-order valence-corrected chi connectivity index (χ0v) is 9.46. The third-order valence-electron chi connectivity index (χ3n) is 1.80. The summed E-state index contributed by atoms with van der Waals surface area (Å²) in [5.41, 5.74) is 0.0347. The van der Waals surface area contributed by atoms with Crippen LogP contribution in [0.1, 0.15) is 11.7 Å². The smallest absolute Gasteiger partial charge is 0.129 e. The Hall–Kier alpha value is -0.160. The van der Waals surface area contributed by atoms with Crippen LogP contribution in [0.4, 0.5) is 4.39 Å². The van der Waals surface area contributed by atoms with Crippen LogP contribution in [-0.4, -0.2) is 22.2 Å². The summed E-state index contributed by atoms with van der Waals surface area (Å²) in [4.78, 5) is 0. The highest BCUT2D eigenvalue weighted by molar-refractivity contribution is 9.10. The fourth-order valence-corrected chi connectivity index (χ4v) is 1.58. The predicted octanol–water partition coefficient (Wildman–Crippen LogP) is 2.22. The summed E-state index contributed by atoms with van der Waals surface area (Å²) in [5, 5.41) is 18.7. The maximum Gasteiger partial charge on any atom is 0.129 e. The summed E-state index contributed by atoms with van der Waals surface area (Å²) >= 11 is 8.49. The second kappa shape index (κ2) is 5.07. The second-order valence-corrected chi connectivity index (χ2v) is 4.06. The van der Waals surface area contributed by atoms with E-state index in [4.69, 9.17) is 11.6 Å². The van der Waals surface area contributed by atoms with Crippen LogP contribution < -0.4 is 0 Å². The van der Waals surface area contributed by atoms with Crippen LogP contribution in [0, 0.1) is 5.82 Å². The fraction of sp³-hybridized carbons (Fsp3) is 0.333. The van der Waals surface area contributed by atoms with Gasteiger partial charge in [-0.3, -0.25) is 0 Å². The van der Waals surface area contributed by atoms with Crippen molar-refractivity contribution in [1.29, 1.82) is 0 Å². The summed E-state index contributed by atoms with van der Waals surface area (Å²) < 4.78 is 13.8. The van der Waals surface area contributed by atoms with E-state index < -0.39 is 18.0 Å². The number of benzene rings is 1. The van der Waals surface area contributed by atoms with E-state index in [2.05, 4.69) is 15.9 Å². The lowest BCUT2D eigenvalue weighted by atomic mass is 10.1. The maximum absolute atomic E-state index is 13.2. The minimum Gasteiger partial charge on any atom is -0.389 e. The van der Waals surface area contributed by atoms with E-state index in [1.165, 1.54) is 18.2 Å². The van der Waals surface area contributed by atoms with Crippen molar-refractivity contribution in [2.24, 2.45) is 0 Å². The van der Waals surface area contributed by atoms with Gasteiger partial charge in [-0.1, -0.05) is 15.9 Å². The number of halogens is 3. The standard InChI is InChI=1S/C9H9BrClFO2/c10-5-1-2-7(12)6(3-5)9(14)8(13)4-11/h1-3,8-9,13-14H,4H2. The minimum atomic E-state index is -1.30. The van der Waals surface area contributed by atoms with Gasteiger partial charge in [-0.15, -0.1) is 11.6 Å². The Bertz CT molecular complexity index is 322. The van der Waals surface area contributed by atoms with Gasteiger partial charge in [0.2, 0.25) is 0 Å². The molecule has 2 atom stereocenters. The molecule has 0 spiro atoms. The Morgan fingerprint density at radius 2 is 2.07 bits per heavy atom. The van der Waals surface area contributed by atoms with E-state index in [1.807, 2.05) is 0 Å². The molecule has 2 unspecified atom stereocenters. The molecule has 0 aliphatic carbocycles. The van der Waals surface area contributed by atoms with E-state index in [-0.39, 0.29) is 11.4 Å². The minimum absolute atomic E-state index is 0.0347. The maximum atomic E-state index is 13.2. The third-order valence-corrected chi connectivity index (χ3v) is 2.61. The number of hydrogen-bond acceptors (Lipinski definition) is 2. The zero-order chi connectivity index (χ0) is 10.7. The quantitative estimate of drug-likeness (QED) is 0.835. The molecule has 0 radical (unpaired) electrons. The normalized spacial score (nSPS) is 15.2. The summed E-state index contributed by atoms with van der Waals surface area (Å²) in [6.45, 7) is 0. The molecular formula is C9H9BrClFO2. The van der Waals surface area contributed by atoms with Gasteiger partial charge in [0.25, 0.3) is 0 Å². The molecule has 0 amide bonds. The van der Waals surface area contributed by atoms with Crippen LogP contribution in [0.15, 0.2) is 22.7 Å². The molecule has 0 heterocycles. The van der Waals surface area contributed by atoms with Crippen LogP contribution >= 0.6 is 27.5 Å². The van der Waals surface area contributed by atoms with Crippen LogP contribution in [0.25, 0.3) is 0 Å². The van der Waals surface area contributed by atoms with Crippen molar-refractivity contribution in [2.45, 2.75) is 12.2 Å². The molecule has 0 aliphatic rings. The molecule has 0 bridgehead atoms. The molecule has 0 aromatic heterocycles. The lowest BCUT2D eigenvalue weighted by molar-refractivity contribution is 0.0304.